The van der Waals surface area contributed by atoms with Crippen LogP contribution in [0.4, 0.5) is 0 Å². The first-order chi connectivity index (χ1) is 7.58. The van der Waals surface area contributed by atoms with E-state index in [1.54, 1.807) is 0 Å². The topological polar surface area (TPSA) is 102 Å². The van der Waals surface area contributed by atoms with Crippen molar-refractivity contribution in [2.45, 2.75) is 18.9 Å². The van der Waals surface area contributed by atoms with Crippen LogP contribution in [-0.2, 0) is 19.1 Å². The van der Waals surface area contributed by atoms with Gasteiger partial charge in [0.15, 0.2) is 11.2 Å². The number of nitriles is 1. The molecule has 1 fully saturated rings. The highest BCUT2D eigenvalue weighted by Gasteiger charge is 2.51. The zero-order valence-electron chi connectivity index (χ0n) is 9.06. The van der Waals surface area contributed by atoms with Gasteiger partial charge in [0.2, 0.25) is 0 Å². The number of nitrogens with two attached hydrogens (primary N) is 1. The van der Waals surface area contributed by atoms with Crippen LogP contribution in [0.5, 0.6) is 0 Å². The molecule has 0 saturated carbocycles. The van der Waals surface area contributed by atoms with E-state index in [4.69, 9.17) is 15.7 Å². The molecule has 2 N–H and O–H groups in total. The van der Waals surface area contributed by atoms with Gasteiger partial charge in [-0.2, -0.15) is 5.26 Å². The summed E-state index contributed by atoms with van der Waals surface area (Å²) in [6.45, 7) is 0.0397. The minimum absolute atomic E-state index is 0.0616. The molecule has 1 aliphatic rings. The highest BCUT2D eigenvalue weighted by atomic mass is 16.5. The largest absolute Gasteiger partial charge is 0.468 e. The summed E-state index contributed by atoms with van der Waals surface area (Å²) in [7, 11) is 1.20. The molecule has 6 nitrogen and oxygen atoms in total. The molecule has 0 aromatic heterocycles. The highest BCUT2D eigenvalue weighted by Crippen LogP contribution is 2.31. The lowest BCUT2D eigenvalue weighted by atomic mass is 9.76. The molecule has 0 spiro atoms. The van der Waals surface area contributed by atoms with Crippen molar-refractivity contribution < 1.29 is 19.1 Å². The van der Waals surface area contributed by atoms with Gasteiger partial charge in [-0.05, 0) is 6.42 Å². The molecule has 16 heavy (non-hydrogen) atoms. The normalized spacial score (nSPS) is 29.6. The first kappa shape index (κ1) is 12.6. The van der Waals surface area contributed by atoms with Gasteiger partial charge in [-0.25, -0.2) is 0 Å². The van der Waals surface area contributed by atoms with Gasteiger partial charge in [-0.3, -0.25) is 9.59 Å². The molecule has 6 heteroatoms. The summed E-state index contributed by atoms with van der Waals surface area (Å²) in [4.78, 5) is 23.6. The van der Waals surface area contributed by atoms with Crippen molar-refractivity contribution in [2.24, 2.45) is 11.1 Å². The summed E-state index contributed by atoms with van der Waals surface area (Å²) in [6, 6.07) is 1.07. The molecule has 88 valence electrons. The van der Waals surface area contributed by atoms with Gasteiger partial charge in [0.1, 0.15) is 0 Å². The monoisotopic (exact) mass is 226 g/mol. The van der Waals surface area contributed by atoms with Crippen LogP contribution in [0.2, 0.25) is 0 Å². The molecule has 0 radical (unpaired) electrons. The third kappa shape index (κ3) is 2.05. The number of hydrogen-bond acceptors (Lipinski definition) is 6. The molecule has 0 amide bonds. The Hall–Kier alpha value is -1.45. The standard InChI is InChI=1S/C10H14N2O4/c1-15-9(14)10(3-2-4-11)6-16-5-7(12)8(10)13/h7H,2-3,5-6,12H2,1H3. The average Bonchev–Trinajstić information content (AvgIpc) is 2.30. The Balaban J connectivity index is 2.97. The zero-order valence-corrected chi connectivity index (χ0v) is 9.06. The third-order valence-corrected chi connectivity index (χ3v) is 2.69. The molecular weight excluding hydrogens is 212 g/mol. The second kappa shape index (κ2) is 5.05. The minimum atomic E-state index is -1.40. The van der Waals surface area contributed by atoms with Crippen LogP contribution in [0.15, 0.2) is 0 Å². The molecular formula is C10H14N2O4. The second-order valence-corrected chi connectivity index (χ2v) is 3.72. The number of ketones is 1. The van der Waals surface area contributed by atoms with E-state index in [0.29, 0.717) is 0 Å². The van der Waals surface area contributed by atoms with Gasteiger partial charge < -0.3 is 15.2 Å². The third-order valence-electron chi connectivity index (χ3n) is 2.69. The highest BCUT2D eigenvalue weighted by molar-refractivity contribution is 6.06. The Morgan fingerprint density at radius 2 is 2.50 bits per heavy atom. The molecule has 2 unspecified atom stereocenters. The number of esters is 1. The summed E-state index contributed by atoms with van der Waals surface area (Å²) in [5.41, 5.74) is 4.15. The van der Waals surface area contributed by atoms with E-state index in [0.717, 1.165) is 0 Å². The molecule has 0 bridgehead atoms. The van der Waals surface area contributed by atoms with Crippen molar-refractivity contribution in [1.82, 2.24) is 0 Å². The summed E-state index contributed by atoms with van der Waals surface area (Å²) < 4.78 is 9.74. The lowest BCUT2D eigenvalue weighted by Gasteiger charge is -2.34. The van der Waals surface area contributed by atoms with Crippen LogP contribution in [0.3, 0.4) is 0 Å². The number of rotatable bonds is 3. The van der Waals surface area contributed by atoms with Crippen molar-refractivity contribution in [3.8, 4) is 6.07 Å². The maximum Gasteiger partial charge on any atom is 0.321 e. The molecule has 0 aliphatic carbocycles. The van der Waals surface area contributed by atoms with Gasteiger partial charge in [0, 0.05) is 6.42 Å². The van der Waals surface area contributed by atoms with Gasteiger partial charge in [0.25, 0.3) is 0 Å². The van der Waals surface area contributed by atoms with Gasteiger partial charge in [0.05, 0.1) is 32.4 Å². The average molecular weight is 226 g/mol. The number of nitrogens with zero attached hydrogens (tertiary/aromatic N) is 1. The molecule has 0 aromatic carbocycles. The van der Waals surface area contributed by atoms with Crippen molar-refractivity contribution in [3.05, 3.63) is 0 Å². The minimum Gasteiger partial charge on any atom is -0.468 e. The smallest absolute Gasteiger partial charge is 0.321 e. The fraction of sp³-hybridized carbons (Fsp3) is 0.700. The summed E-state index contributed by atoms with van der Waals surface area (Å²) in [5.74, 6) is -1.08. The first-order valence-corrected chi connectivity index (χ1v) is 4.91. The van der Waals surface area contributed by atoms with Crippen molar-refractivity contribution in [2.75, 3.05) is 20.3 Å². The van der Waals surface area contributed by atoms with E-state index in [1.807, 2.05) is 6.07 Å². The van der Waals surface area contributed by atoms with Crippen LogP contribution in [0.25, 0.3) is 0 Å². The molecule has 1 heterocycles. The molecule has 1 rings (SSSR count). The Labute approximate surface area is 93.3 Å². The SMILES string of the molecule is COC(=O)C1(CCC#N)COCC(N)C1=O. The Morgan fingerprint density at radius 3 is 3.06 bits per heavy atom. The van der Waals surface area contributed by atoms with Crippen LogP contribution in [0, 0.1) is 16.7 Å². The predicted octanol–water partition coefficient (Wildman–Crippen LogP) is -0.624. The predicted molar refractivity (Wildman–Crippen MR) is 53.1 cm³/mol. The van der Waals surface area contributed by atoms with E-state index in [-0.39, 0.29) is 26.1 Å². The van der Waals surface area contributed by atoms with Crippen molar-refractivity contribution in [3.63, 3.8) is 0 Å². The van der Waals surface area contributed by atoms with Gasteiger partial charge >= 0.3 is 5.97 Å². The fourth-order valence-electron chi connectivity index (χ4n) is 1.78. The fourth-order valence-corrected chi connectivity index (χ4v) is 1.78. The van der Waals surface area contributed by atoms with Crippen LogP contribution in [0.1, 0.15) is 12.8 Å². The summed E-state index contributed by atoms with van der Waals surface area (Å²) in [5, 5.41) is 8.53. The van der Waals surface area contributed by atoms with Gasteiger partial charge in [-0.1, -0.05) is 0 Å². The number of methoxy groups -OCH3 is 1. The number of hydrogen-bond donors (Lipinski definition) is 1. The van der Waals surface area contributed by atoms with Crippen LogP contribution >= 0.6 is 0 Å². The van der Waals surface area contributed by atoms with Gasteiger partial charge in [-0.15, -0.1) is 0 Å². The van der Waals surface area contributed by atoms with Crippen molar-refractivity contribution in [1.29, 1.82) is 5.26 Å². The molecule has 1 saturated heterocycles. The lowest BCUT2D eigenvalue weighted by molar-refractivity contribution is -0.169. The quantitative estimate of drug-likeness (QED) is 0.508. The Bertz CT molecular complexity index is 336. The second-order valence-electron chi connectivity index (χ2n) is 3.72. The van der Waals surface area contributed by atoms with E-state index >= 15 is 0 Å². The zero-order chi connectivity index (χ0) is 12.2. The number of ether oxygens (including phenoxy) is 2. The first-order valence-electron chi connectivity index (χ1n) is 4.91. The number of carbonyl (C=O) groups is 2. The van der Waals surface area contributed by atoms with E-state index in [1.165, 1.54) is 7.11 Å². The van der Waals surface area contributed by atoms with Crippen molar-refractivity contribution >= 4 is 11.8 Å². The van der Waals surface area contributed by atoms with E-state index in [2.05, 4.69) is 4.74 Å². The lowest BCUT2D eigenvalue weighted by Crippen LogP contribution is -2.57. The van der Waals surface area contributed by atoms with Crippen LogP contribution < -0.4 is 5.73 Å². The molecule has 1 aliphatic heterocycles. The molecule has 2 atom stereocenters. The maximum absolute atomic E-state index is 11.9. The number of carbonyl (C=O) groups excluding carboxylic acids is 2. The Kier molecular flexibility index (Phi) is 3.99. The van der Waals surface area contributed by atoms with E-state index < -0.39 is 23.2 Å². The molecule has 0 aromatic rings. The van der Waals surface area contributed by atoms with Crippen LogP contribution in [-0.4, -0.2) is 38.1 Å². The van der Waals surface area contributed by atoms with E-state index in [9.17, 15) is 9.59 Å². The maximum atomic E-state index is 11.9. The Morgan fingerprint density at radius 1 is 1.81 bits per heavy atom. The summed E-state index contributed by atoms with van der Waals surface area (Å²) in [6.07, 6.45) is 0.166. The number of Topliss-reactive ketones (excluding diaryl/α,β-unsaturated/α-hetero) is 1. The summed E-state index contributed by atoms with van der Waals surface area (Å²) >= 11 is 0.